The first kappa shape index (κ1) is 17.3. The SMILES string of the molecule is COc1cc(C(=O)OCC(=O)c2ccc(C)s2)cc(Cl)c1OC. The molecule has 0 fully saturated rings. The lowest BCUT2D eigenvalue weighted by Crippen LogP contribution is -2.13. The van der Waals surface area contributed by atoms with Gasteiger partial charge in [0.2, 0.25) is 5.78 Å². The van der Waals surface area contributed by atoms with Crippen LogP contribution in [0.25, 0.3) is 0 Å². The summed E-state index contributed by atoms with van der Waals surface area (Å²) in [5, 5.41) is 0.221. The summed E-state index contributed by atoms with van der Waals surface area (Å²) in [5.41, 5.74) is 0.183. The van der Waals surface area contributed by atoms with Crippen LogP contribution in [0.5, 0.6) is 11.5 Å². The van der Waals surface area contributed by atoms with E-state index >= 15 is 0 Å². The second-order valence-corrected chi connectivity index (χ2v) is 6.30. The highest BCUT2D eigenvalue weighted by atomic mass is 35.5. The lowest BCUT2D eigenvalue weighted by molar-refractivity contribution is 0.0475. The first-order valence-corrected chi connectivity index (χ1v) is 7.84. The van der Waals surface area contributed by atoms with Crippen LogP contribution >= 0.6 is 22.9 Å². The number of carbonyl (C=O) groups is 2. The van der Waals surface area contributed by atoms with Crippen LogP contribution in [0.3, 0.4) is 0 Å². The van der Waals surface area contributed by atoms with Crippen molar-refractivity contribution in [3.63, 3.8) is 0 Å². The van der Waals surface area contributed by atoms with Crippen LogP contribution in [0.2, 0.25) is 5.02 Å². The Hall–Kier alpha value is -2.05. The summed E-state index contributed by atoms with van der Waals surface area (Å²) in [6.45, 7) is 1.57. The molecular weight excluding hydrogens is 340 g/mol. The fourth-order valence-corrected chi connectivity index (χ4v) is 2.99. The van der Waals surface area contributed by atoms with Crippen molar-refractivity contribution in [3.05, 3.63) is 44.6 Å². The van der Waals surface area contributed by atoms with Crippen LogP contribution in [0.1, 0.15) is 24.9 Å². The zero-order valence-electron chi connectivity index (χ0n) is 12.8. The van der Waals surface area contributed by atoms with Crippen molar-refractivity contribution in [3.8, 4) is 11.5 Å². The molecule has 0 aliphatic heterocycles. The molecule has 0 aliphatic carbocycles. The Morgan fingerprint density at radius 2 is 1.91 bits per heavy atom. The van der Waals surface area contributed by atoms with E-state index in [1.165, 1.54) is 37.7 Å². The van der Waals surface area contributed by atoms with Crippen molar-refractivity contribution in [2.24, 2.45) is 0 Å². The van der Waals surface area contributed by atoms with E-state index < -0.39 is 5.97 Å². The number of carbonyl (C=O) groups excluding carboxylic acids is 2. The Balaban J connectivity index is 2.09. The van der Waals surface area contributed by atoms with E-state index in [1.54, 1.807) is 6.07 Å². The van der Waals surface area contributed by atoms with Gasteiger partial charge in [-0.25, -0.2) is 4.79 Å². The van der Waals surface area contributed by atoms with Crippen LogP contribution in [0.4, 0.5) is 0 Å². The summed E-state index contributed by atoms with van der Waals surface area (Å²) in [6.07, 6.45) is 0. The molecule has 0 saturated carbocycles. The summed E-state index contributed by atoms with van der Waals surface area (Å²) in [5.74, 6) is -0.263. The minimum absolute atomic E-state index is 0.183. The Bertz CT molecular complexity index is 738. The third-order valence-corrected chi connectivity index (χ3v) is 4.34. The normalized spacial score (nSPS) is 10.3. The van der Waals surface area contributed by atoms with Crippen molar-refractivity contribution >= 4 is 34.7 Å². The number of benzene rings is 1. The Kier molecular flexibility index (Phi) is 5.63. The van der Waals surface area contributed by atoms with Gasteiger partial charge in [0, 0.05) is 4.88 Å². The van der Waals surface area contributed by atoms with Gasteiger partial charge in [-0.15, -0.1) is 11.3 Å². The molecule has 23 heavy (non-hydrogen) atoms. The van der Waals surface area contributed by atoms with Crippen LogP contribution in [-0.4, -0.2) is 32.6 Å². The fourth-order valence-electron chi connectivity index (χ4n) is 1.91. The average Bonchev–Trinajstić information content (AvgIpc) is 2.97. The zero-order valence-corrected chi connectivity index (χ0v) is 14.4. The summed E-state index contributed by atoms with van der Waals surface area (Å²) in [4.78, 5) is 25.6. The third-order valence-electron chi connectivity index (χ3n) is 3.02. The van der Waals surface area contributed by atoms with Gasteiger partial charge >= 0.3 is 5.97 Å². The van der Waals surface area contributed by atoms with Gasteiger partial charge in [-0.2, -0.15) is 0 Å². The predicted molar refractivity (Wildman–Crippen MR) is 88.2 cm³/mol. The number of aryl methyl sites for hydroxylation is 1. The number of methoxy groups -OCH3 is 2. The van der Waals surface area contributed by atoms with Gasteiger partial charge in [0.1, 0.15) is 0 Å². The number of esters is 1. The summed E-state index contributed by atoms with van der Waals surface area (Å²) in [7, 11) is 2.88. The number of Topliss-reactive ketones (excluding diaryl/α,β-unsaturated/α-hetero) is 1. The van der Waals surface area contributed by atoms with Gasteiger partial charge in [0.05, 0.1) is 29.7 Å². The monoisotopic (exact) mass is 354 g/mol. The largest absolute Gasteiger partial charge is 0.493 e. The molecule has 122 valence electrons. The van der Waals surface area contributed by atoms with Gasteiger partial charge in [-0.1, -0.05) is 11.6 Å². The molecular formula is C16H15ClO5S. The molecule has 7 heteroatoms. The summed E-state index contributed by atoms with van der Waals surface area (Å²) in [6, 6.07) is 6.41. The summed E-state index contributed by atoms with van der Waals surface area (Å²) >= 11 is 7.40. The molecule has 2 rings (SSSR count). The lowest BCUT2D eigenvalue weighted by Gasteiger charge is -2.11. The smallest absolute Gasteiger partial charge is 0.338 e. The second-order valence-electron chi connectivity index (χ2n) is 4.60. The van der Waals surface area contributed by atoms with E-state index in [0.29, 0.717) is 16.4 Å². The molecule has 0 saturated heterocycles. The molecule has 1 heterocycles. The van der Waals surface area contributed by atoms with E-state index in [4.69, 9.17) is 25.8 Å². The third kappa shape index (κ3) is 4.03. The topological polar surface area (TPSA) is 61.8 Å². The Labute approximate surface area is 142 Å². The minimum atomic E-state index is -0.658. The van der Waals surface area contributed by atoms with E-state index in [0.717, 1.165) is 4.88 Å². The van der Waals surface area contributed by atoms with Crippen molar-refractivity contribution in [2.45, 2.75) is 6.92 Å². The van der Waals surface area contributed by atoms with Crippen LogP contribution in [0.15, 0.2) is 24.3 Å². The van der Waals surface area contributed by atoms with Crippen molar-refractivity contribution < 1.29 is 23.8 Å². The number of ether oxygens (including phenoxy) is 3. The molecule has 0 unspecified atom stereocenters. The maximum Gasteiger partial charge on any atom is 0.338 e. The van der Waals surface area contributed by atoms with Gasteiger partial charge in [0.15, 0.2) is 18.1 Å². The van der Waals surface area contributed by atoms with E-state index in [2.05, 4.69) is 0 Å². The first-order valence-electron chi connectivity index (χ1n) is 6.64. The average molecular weight is 355 g/mol. The van der Waals surface area contributed by atoms with Crippen LogP contribution < -0.4 is 9.47 Å². The molecule has 0 aliphatic rings. The molecule has 0 spiro atoms. The number of hydrogen-bond acceptors (Lipinski definition) is 6. The van der Waals surface area contributed by atoms with Crippen LogP contribution in [-0.2, 0) is 4.74 Å². The van der Waals surface area contributed by atoms with E-state index in [1.807, 2.05) is 13.0 Å². The molecule has 1 aromatic carbocycles. The van der Waals surface area contributed by atoms with Gasteiger partial charge < -0.3 is 14.2 Å². The molecule has 5 nitrogen and oxygen atoms in total. The van der Waals surface area contributed by atoms with Gasteiger partial charge in [-0.05, 0) is 31.2 Å². The maximum atomic E-state index is 12.1. The van der Waals surface area contributed by atoms with Crippen molar-refractivity contribution in [1.29, 1.82) is 0 Å². The predicted octanol–water partition coefficient (Wildman–Crippen LogP) is 3.77. The Morgan fingerprint density at radius 1 is 1.17 bits per heavy atom. The highest BCUT2D eigenvalue weighted by Crippen LogP contribution is 2.36. The zero-order chi connectivity index (χ0) is 17.0. The number of hydrogen-bond donors (Lipinski definition) is 0. The molecule has 0 atom stereocenters. The van der Waals surface area contributed by atoms with Crippen LogP contribution in [0, 0.1) is 6.92 Å². The fraction of sp³-hybridized carbons (Fsp3) is 0.250. The highest BCUT2D eigenvalue weighted by Gasteiger charge is 2.18. The number of rotatable bonds is 6. The minimum Gasteiger partial charge on any atom is -0.493 e. The highest BCUT2D eigenvalue weighted by molar-refractivity contribution is 7.14. The Morgan fingerprint density at radius 3 is 2.48 bits per heavy atom. The van der Waals surface area contributed by atoms with Crippen molar-refractivity contribution in [1.82, 2.24) is 0 Å². The number of thiophene rings is 1. The maximum absolute atomic E-state index is 12.1. The van der Waals surface area contributed by atoms with Gasteiger partial charge in [-0.3, -0.25) is 4.79 Å². The van der Waals surface area contributed by atoms with Crippen molar-refractivity contribution in [2.75, 3.05) is 20.8 Å². The molecule has 0 radical (unpaired) electrons. The quantitative estimate of drug-likeness (QED) is 0.583. The van der Waals surface area contributed by atoms with E-state index in [-0.39, 0.29) is 23.0 Å². The molecule has 1 aromatic heterocycles. The standard InChI is InChI=1S/C16H15ClO5S/c1-9-4-5-14(23-9)12(18)8-22-16(19)10-6-11(17)15(21-3)13(7-10)20-2/h4-7H,8H2,1-3H3. The number of halogens is 1. The molecule has 0 bridgehead atoms. The molecule has 0 N–H and O–H groups in total. The lowest BCUT2D eigenvalue weighted by atomic mass is 10.2. The van der Waals surface area contributed by atoms with Gasteiger partial charge in [0.25, 0.3) is 0 Å². The number of ketones is 1. The van der Waals surface area contributed by atoms with E-state index in [9.17, 15) is 9.59 Å². The molecule has 0 amide bonds. The summed E-state index contributed by atoms with van der Waals surface area (Å²) < 4.78 is 15.3. The second kappa shape index (κ2) is 7.48. The first-order chi connectivity index (χ1) is 11.0. The molecule has 2 aromatic rings.